The van der Waals surface area contributed by atoms with Gasteiger partial charge in [-0.2, -0.15) is 8.42 Å². The fourth-order valence-electron chi connectivity index (χ4n) is 4.56. The Bertz CT molecular complexity index is 2040. The molecule has 5 aromatic rings. The summed E-state index contributed by atoms with van der Waals surface area (Å²) in [7, 11) is -8.24. The van der Waals surface area contributed by atoms with Crippen LogP contribution in [0.3, 0.4) is 0 Å². The van der Waals surface area contributed by atoms with Crippen LogP contribution in [0.4, 0.5) is 5.69 Å². The van der Waals surface area contributed by atoms with Gasteiger partial charge in [-0.1, -0.05) is 77.8 Å². The van der Waals surface area contributed by atoms with Gasteiger partial charge < -0.3 is 10.1 Å². The van der Waals surface area contributed by atoms with Gasteiger partial charge >= 0.3 is 0 Å². The van der Waals surface area contributed by atoms with E-state index >= 15 is 0 Å². The Labute approximate surface area is 261 Å². The number of sulfone groups is 1. The van der Waals surface area contributed by atoms with Gasteiger partial charge in [0, 0.05) is 28.2 Å². The lowest BCUT2D eigenvalue weighted by Crippen LogP contribution is -2.18. The van der Waals surface area contributed by atoms with Gasteiger partial charge in [-0.15, -0.1) is 0 Å². The van der Waals surface area contributed by atoms with Crippen molar-refractivity contribution >= 4 is 53.1 Å². The van der Waals surface area contributed by atoms with Crippen molar-refractivity contribution in [2.75, 3.05) is 18.5 Å². The van der Waals surface area contributed by atoms with E-state index in [1.807, 2.05) is 37.3 Å². The molecule has 0 heterocycles. The highest BCUT2D eigenvalue weighted by Gasteiger charge is 2.27. The summed E-state index contributed by atoms with van der Waals surface area (Å²) in [5.74, 6) is 0.238. The predicted octanol–water partition coefficient (Wildman–Crippen LogP) is 7.00. The molecule has 0 saturated carbocycles. The van der Waals surface area contributed by atoms with Crippen molar-refractivity contribution in [2.24, 2.45) is 0 Å². The summed E-state index contributed by atoms with van der Waals surface area (Å²) in [6, 6.07) is 30.2. The summed E-state index contributed by atoms with van der Waals surface area (Å²) in [5.41, 5.74) is 2.26. The van der Waals surface area contributed by atoms with Crippen LogP contribution in [-0.4, -0.2) is 35.1 Å². The molecule has 11 heteroatoms. The van der Waals surface area contributed by atoms with Gasteiger partial charge in [-0.25, -0.2) is 8.42 Å². The van der Waals surface area contributed by atoms with Crippen LogP contribution in [0, 0.1) is 12.3 Å². The van der Waals surface area contributed by atoms with Crippen molar-refractivity contribution in [1.29, 1.82) is 5.41 Å². The van der Waals surface area contributed by atoms with E-state index in [1.165, 1.54) is 24.3 Å². The SMILES string of the molecule is Cc1ccc(S(=O)(=O)OCCOc2ccc(NCc3cccc(Cl)c3)c(C(=N)S(=O)(=O)c3cccc4ccccc34)c2)cc1. The summed E-state index contributed by atoms with van der Waals surface area (Å²) in [6.45, 7) is 1.76. The van der Waals surface area contributed by atoms with Gasteiger partial charge in [0.1, 0.15) is 19.0 Å². The minimum Gasteiger partial charge on any atom is -0.491 e. The largest absolute Gasteiger partial charge is 0.491 e. The van der Waals surface area contributed by atoms with Crippen LogP contribution < -0.4 is 10.1 Å². The lowest BCUT2D eigenvalue weighted by molar-refractivity contribution is 0.221. The fraction of sp³-hybridized carbons (Fsp3) is 0.121. The number of nitrogens with one attached hydrogen (secondary N) is 2. The molecule has 0 aliphatic heterocycles. The number of hydrogen-bond donors (Lipinski definition) is 2. The molecule has 226 valence electrons. The lowest BCUT2D eigenvalue weighted by Gasteiger charge is -2.16. The Kier molecular flexibility index (Phi) is 9.36. The normalized spacial score (nSPS) is 11.8. The molecule has 44 heavy (non-hydrogen) atoms. The van der Waals surface area contributed by atoms with E-state index in [4.69, 9.17) is 25.9 Å². The van der Waals surface area contributed by atoms with Gasteiger partial charge in [-0.05, 0) is 66.4 Å². The molecule has 5 rings (SSSR count). The third kappa shape index (κ3) is 7.11. The highest BCUT2D eigenvalue weighted by Crippen LogP contribution is 2.30. The first-order valence-corrected chi connectivity index (χ1v) is 16.8. The Morgan fingerprint density at radius 1 is 0.818 bits per heavy atom. The number of halogens is 1. The van der Waals surface area contributed by atoms with E-state index in [9.17, 15) is 16.8 Å². The molecule has 0 amide bonds. The molecule has 0 saturated heterocycles. The second-order valence-corrected chi connectivity index (χ2v) is 13.8. The molecule has 0 radical (unpaired) electrons. The summed E-state index contributed by atoms with van der Waals surface area (Å²) in [5, 5.41) is 13.3. The van der Waals surface area contributed by atoms with Gasteiger partial charge in [0.2, 0.25) is 9.84 Å². The Morgan fingerprint density at radius 3 is 2.32 bits per heavy atom. The van der Waals surface area contributed by atoms with Crippen LogP contribution in [0.5, 0.6) is 5.75 Å². The van der Waals surface area contributed by atoms with Gasteiger partial charge in [0.05, 0.1) is 9.79 Å². The first kappa shape index (κ1) is 31.2. The smallest absolute Gasteiger partial charge is 0.297 e. The molecule has 5 aromatic carbocycles. The molecule has 0 aliphatic carbocycles. The zero-order valence-corrected chi connectivity index (χ0v) is 26.0. The summed E-state index contributed by atoms with van der Waals surface area (Å²) < 4.78 is 63.6. The summed E-state index contributed by atoms with van der Waals surface area (Å²) in [6.07, 6.45) is 0. The van der Waals surface area contributed by atoms with Crippen molar-refractivity contribution in [3.63, 3.8) is 0 Å². The van der Waals surface area contributed by atoms with Crippen LogP contribution in [0.1, 0.15) is 16.7 Å². The predicted molar refractivity (Wildman–Crippen MR) is 173 cm³/mol. The van der Waals surface area contributed by atoms with Crippen LogP contribution in [0.15, 0.2) is 119 Å². The van der Waals surface area contributed by atoms with Gasteiger partial charge in [0.25, 0.3) is 10.1 Å². The number of fused-ring (bicyclic) bond motifs is 1. The number of anilines is 1. The maximum atomic E-state index is 13.9. The molecule has 0 aromatic heterocycles. The molecule has 2 N–H and O–H groups in total. The van der Waals surface area contributed by atoms with E-state index in [0.717, 1.165) is 16.5 Å². The minimum atomic E-state index is -4.26. The quantitative estimate of drug-likeness (QED) is 0.0684. The van der Waals surface area contributed by atoms with Crippen molar-refractivity contribution in [1.82, 2.24) is 0 Å². The van der Waals surface area contributed by atoms with Gasteiger partial charge in [-0.3, -0.25) is 9.59 Å². The Balaban J connectivity index is 1.40. The zero-order chi connectivity index (χ0) is 31.3. The summed E-state index contributed by atoms with van der Waals surface area (Å²) in [4.78, 5) is 0.0510. The minimum absolute atomic E-state index is 0.0161. The Hall–Kier alpha value is -4.22. The average Bonchev–Trinajstić information content (AvgIpc) is 3.02. The Morgan fingerprint density at radius 2 is 1.55 bits per heavy atom. The van der Waals surface area contributed by atoms with Crippen LogP contribution in [0.2, 0.25) is 5.02 Å². The first-order chi connectivity index (χ1) is 21.0. The number of aryl methyl sites for hydroxylation is 1. The van der Waals surface area contributed by atoms with Crippen molar-refractivity contribution in [2.45, 2.75) is 23.3 Å². The van der Waals surface area contributed by atoms with Crippen molar-refractivity contribution in [3.8, 4) is 5.75 Å². The maximum absolute atomic E-state index is 13.9. The molecule has 8 nitrogen and oxygen atoms in total. The van der Waals surface area contributed by atoms with Crippen LogP contribution >= 0.6 is 11.6 Å². The molecule has 0 spiro atoms. The maximum Gasteiger partial charge on any atom is 0.297 e. The molecule has 0 atom stereocenters. The third-order valence-corrected chi connectivity index (χ3v) is 10.1. The zero-order valence-electron chi connectivity index (χ0n) is 23.7. The van der Waals surface area contributed by atoms with Gasteiger partial charge in [0.15, 0.2) is 5.04 Å². The van der Waals surface area contributed by atoms with Crippen LogP contribution in [0.25, 0.3) is 10.8 Å². The van der Waals surface area contributed by atoms with E-state index in [2.05, 4.69) is 5.32 Å². The highest BCUT2D eigenvalue weighted by atomic mass is 35.5. The first-order valence-electron chi connectivity index (χ1n) is 13.6. The van der Waals surface area contributed by atoms with E-state index in [-0.39, 0.29) is 34.3 Å². The second kappa shape index (κ2) is 13.2. The molecule has 0 fully saturated rings. The average molecular weight is 649 g/mol. The van der Waals surface area contributed by atoms with E-state index in [0.29, 0.717) is 22.6 Å². The van der Waals surface area contributed by atoms with Crippen LogP contribution in [-0.2, 0) is 30.7 Å². The topological polar surface area (TPSA) is 123 Å². The molecular weight excluding hydrogens is 620 g/mol. The van der Waals surface area contributed by atoms with E-state index < -0.39 is 25.0 Å². The molecule has 0 bridgehead atoms. The number of benzene rings is 5. The number of rotatable bonds is 11. The molecule has 0 unspecified atom stereocenters. The highest BCUT2D eigenvalue weighted by molar-refractivity contribution is 8.07. The summed E-state index contributed by atoms with van der Waals surface area (Å²) >= 11 is 6.13. The third-order valence-electron chi connectivity index (χ3n) is 6.82. The van der Waals surface area contributed by atoms with E-state index in [1.54, 1.807) is 54.6 Å². The monoisotopic (exact) mass is 648 g/mol. The molecule has 0 aliphatic rings. The van der Waals surface area contributed by atoms with Crippen molar-refractivity contribution < 1.29 is 25.8 Å². The number of hydrogen-bond acceptors (Lipinski definition) is 8. The second-order valence-electron chi connectivity index (χ2n) is 9.94. The fourth-order valence-corrected chi connectivity index (χ4v) is 7.08. The van der Waals surface area contributed by atoms with Crippen molar-refractivity contribution in [3.05, 3.63) is 131 Å². The standard InChI is InChI=1S/C33H29ClN2O6S2/c1-23-12-15-28(16-13-23)44(39,40)42-19-18-41-27-14-17-31(36-22-24-6-4-9-26(34)20-24)30(21-27)33(35)43(37,38)32-11-5-8-25-7-2-3-10-29(25)32/h2-17,20-21,35-36H,18-19,22H2,1H3. The molecular formula is C33H29ClN2O6S2. The number of ether oxygens (including phenoxy) is 1. The lowest BCUT2D eigenvalue weighted by atomic mass is 10.1.